The Morgan fingerprint density at radius 1 is 0.771 bits per heavy atom. The fourth-order valence-electron chi connectivity index (χ4n) is 4.08. The van der Waals surface area contributed by atoms with Gasteiger partial charge in [-0.25, -0.2) is 13.2 Å². The Hall–Kier alpha value is -4.23. The van der Waals surface area contributed by atoms with Crippen molar-refractivity contribution in [3.63, 3.8) is 0 Å². The number of sulfonamides is 1. The zero-order valence-corrected chi connectivity index (χ0v) is 19.9. The zero-order valence-electron chi connectivity index (χ0n) is 19.1. The van der Waals surface area contributed by atoms with Crippen LogP contribution in [0.2, 0.25) is 0 Å². The molecule has 7 heteroatoms. The molecule has 0 fully saturated rings. The monoisotopic (exact) mass is 483 g/mol. The van der Waals surface area contributed by atoms with Gasteiger partial charge in [0.05, 0.1) is 10.5 Å². The molecule has 1 heterocycles. The van der Waals surface area contributed by atoms with Crippen LogP contribution in [-0.4, -0.2) is 31.5 Å². The van der Waals surface area contributed by atoms with Crippen LogP contribution in [0.1, 0.15) is 31.8 Å². The number of aryl methyl sites for hydroxylation is 1. The summed E-state index contributed by atoms with van der Waals surface area (Å²) in [5.74, 6) is -1.35. The van der Waals surface area contributed by atoms with Crippen LogP contribution in [0.25, 0.3) is 16.5 Å². The number of benzene rings is 4. The summed E-state index contributed by atoms with van der Waals surface area (Å²) in [6.45, 7) is 1.89. The minimum absolute atomic E-state index is 0.0377. The van der Waals surface area contributed by atoms with E-state index in [0.29, 0.717) is 0 Å². The summed E-state index contributed by atoms with van der Waals surface area (Å²) in [4.78, 5) is 26.8. The largest absolute Gasteiger partial charge is 0.420 e. The van der Waals surface area contributed by atoms with E-state index in [9.17, 15) is 18.0 Å². The van der Waals surface area contributed by atoms with Crippen molar-refractivity contribution in [3.8, 4) is 0 Å². The van der Waals surface area contributed by atoms with Crippen molar-refractivity contribution in [2.45, 2.75) is 11.8 Å². The highest BCUT2D eigenvalue weighted by atomic mass is 32.2. The molecule has 6 nitrogen and oxygen atoms in total. The highest BCUT2D eigenvalue weighted by Gasteiger charge is 2.39. The van der Waals surface area contributed by atoms with E-state index in [1.54, 1.807) is 48.5 Å². The van der Waals surface area contributed by atoms with Crippen LogP contribution in [-0.2, 0) is 14.8 Å². The molecule has 0 amide bonds. The van der Waals surface area contributed by atoms with Crippen LogP contribution < -0.4 is 0 Å². The molecule has 0 spiro atoms. The third-order valence-electron chi connectivity index (χ3n) is 6.01. The minimum atomic E-state index is -4.03. The summed E-state index contributed by atoms with van der Waals surface area (Å²) < 4.78 is 33.2. The molecule has 0 saturated heterocycles. The Kier molecular flexibility index (Phi) is 5.49. The summed E-state index contributed by atoms with van der Waals surface area (Å²) in [5, 5.41) is 1.82. The van der Waals surface area contributed by atoms with Gasteiger partial charge in [0.1, 0.15) is 5.70 Å². The third-order valence-corrected chi connectivity index (χ3v) is 7.82. The number of Topliss-reactive ketones (excluding diaryl/α,β-unsaturated/α-hetero) is 1. The van der Waals surface area contributed by atoms with Crippen LogP contribution in [0, 0.1) is 6.92 Å². The molecule has 0 N–H and O–H groups in total. The first-order valence-corrected chi connectivity index (χ1v) is 12.4. The van der Waals surface area contributed by atoms with Crippen molar-refractivity contribution in [1.82, 2.24) is 4.31 Å². The first-order valence-electron chi connectivity index (χ1n) is 10.9. The Labute approximate surface area is 203 Å². The summed E-state index contributed by atoms with van der Waals surface area (Å²) in [6.07, 6.45) is 0. The Bertz CT molecular complexity index is 1640. The molecule has 174 valence electrons. The number of rotatable bonds is 4. The van der Waals surface area contributed by atoms with E-state index < -0.39 is 21.8 Å². The fourth-order valence-corrected chi connectivity index (χ4v) is 5.47. The van der Waals surface area contributed by atoms with E-state index in [-0.39, 0.29) is 33.0 Å². The average Bonchev–Trinajstić information content (AvgIpc) is 2.87. The average molecular weight is 484 g/mol. The quantitative estimate of drug-likeness (QED) is 0.295. The number of carbonyl (C=O) groups excluding carboxylic acids is 2. The van der Waals surface area contributed by atoms with Crippen LogP contribution in [0.3, 0.4) is 0 Å². The molecular formula is C28H21NO5S. The molecule has 0 unspecified atom stereocenters. The van der Waals surface area contributed by atoms with Gasteiger partial charge < -0.3 is 4.74 Å². The SMILES string of the molecule is Cc1ccc(C(=O)C2=C(OC(=O)c3ccc4ccccc4c3)c3ccccc3S(=O)(=O)N2C)cc1. The number of nitrogens with zero attached hydrogens (tertiary/aromatic N) is 1. The lowest BCUT2D eigenvalue weighted by Crippen LogP contribution is -2.36. The molecule has 1 aliphatic heterocycles. The molecule has 0 saturated carbocycles. The van der Waals surface area contributed by atoms with Gasteiger partial charge in [0.2, 0.25) is 5.78 Å². The number of esters is 1. The summed E-state index contributed by atoms with van der Waals surface area (Å²) in [7, 11) is -2.74. The standard InChI is InChI=1S/C28H21NO5S/c1-18-11-13-20(14-12-18)26(30)25-27(23-9-5-6-10-24(23)35(32,33)29(25)2)34-28(31)22-16-15-19-7-3-4-8-21(19)17-22/h3-17H,1-2H3. The number of likely N-dealkylation sites (N-methyl/N-ethyl adjacent to an activating group) is 1. The Morgan fingerprint density at radius 3 is 2.14 bits per heavy atom. The number of ether oxygens (including phenoxy) is 1. The molecule has 1 aliphatic rings. The van der Waals surface area contributed by atoms with Gasteiger partial charge in [-0.3, -0.25) is 9.10 Å². The second kappa shape index (κ2) is 8.52. The molecule has 4 aromatic carbocycles. The van der Waals surface area contributed by atoms with Gasteiger partial charge in [0.15, 0.2) is 5.76 Å². The predicted molar refractivity (Wildman–Crippen MR) is 133 cm³/mol. The molecular weight excluding hydrogens is 462 g/mol. The Morgan fingerprint density at radius 2 is 1.40 bits per heavy atom. The van der Waals surface area contributed by atoms with E-state index in [4.69, 9.17) is 4.74 Å². The second-order valence-corrected chi connectivity index (χ2v) is 10.2. The van der Waals surface area contributed by atoms with E-state index >= 15 is 0 Å². The Balaban J connectivity index is 1.67. The normalized spacial score (nSPS) is 14.5. The van der Waals surface area contributed by atoms with Crippen molar-refractivity contribution in [2.24, 2.45) is 0 Å². The molecule has 4 aromatic rings. The van der Waals surface area contributed by atoms with Crippen molar-refractivity contribution in [1.29, 1.82) is 0 Å². The van der Waals surface area contributed by atoms with E-state index in [1.165, 1.54) is 19.2 Å². The molecule has 5 rings (SSSR count). The van der Waals surface area contributed by atoms with Gasteiger partial charge in [0, 0.05) is 18.2 Å². The van der Waals surface area contributed by atoms with Gasteiger partial charge in [-0.1, -0.05) is 72.3 Å². The molecule has 0 radical (unpaired) electrons. The maximum atomic E-state index is 13.6. The smallest absolute Gasteiger partial charge is 0.343 e. The molecule has 0 bridgehead atoms. The van der Waals surface area contributed by atoms with Gasteiger partial charge in [-0.15, -0.1) is 0 Å². The van der Waals surface area contributed by atoms with Gasteiger partial charge >= 0.3 is 5.97 Å². The van der Waals surface area contributed by atoms with E-state index in [0.717, 1.165) is 20.6 Å². The van der Waals surface area contributed by atoms with E-state index in [1.807, 2.05) is 37.3 Å². The highest BCUT2D eigenvalue weighted by Crippen LogP contribution is 2.38. The van der Waals surface area contributed by atoms with Gasteiger partial charge in [-0.05, 0) is 42.0 Å². The van der Waals surface area contributed by atoms with Gasteiger partial charge in [-0.2, -0.15) is 0 Å². The lowest BCUT2D eigenvalue weighted by Gasteiger charge is -2.30. The number of allylic oxidation sites excluding steroid dienone is 1. The first-order chi connectivity index (χ1) is 16.8. The summed E-state index contributed by atoms with van der Waals surface area (Å²) in [5.41, 5.74) is 1.46. The topological polar surface area (TPSA) is 80.8 Å². The lowest BCUT2D eigenvalue weighted by atomic mass is 10.0. The highest BCUT2D eigenvalue weighted by molar-refractivity contribution is 7.89. The summed E-state index contributed by atoms with van der Waals surface area (Å²) >= 11 is 0. The second-order valence-electron chi connectivity index (χ2n) is 8.29. The van der Waals surface area contributed by atoms with E-state index in [2.05, 4.69) is 0 Å². The fraction of sp³-hybridized carbons (Fsp3) is 0.0714. The van der Waals surface area contributed by atoms with Crippen LogP contribution in [0.4, 0.5) is 0 Å². The number of carbonyl (C=O) groups is 2. The minimum Gasteiger partial charge on any atom is -0.420 e. The van der Waals surface area contributed by atoms with Crippen LogP contribution in [0.15, 0.2) is 102 Å². The molecule has 0 aromatic heterocycles. The molecule has 35 heavy (non-hydrogen) atoms. The van der Waals surface area contributed by atoms with Crippen molar-refractivity contribution in [3.05, 3.63) is 119 Å². The zero-order chi connectivity index (χ0) is 24.7. The first kappa shape index (κ1) is 22.6. The molecule has 0 aliphatic carbocycles. The maximum absolute atomic E-state index is 13.6. The number of fused-ring (bicyclic) bond motifs is 2. The summed E-state index contributed by atoms with van der Waals surface area (Å²) in [6, 6.07) is 25.7. The van der Waals surface area contributed by atoms with Crippen molar-refractivity contribution in [2.75, 3.05) is 7.05 Å². The maximum Gasteiger partial charge on any atom is 0.343 e. The number of hydrogen-bond acceptors (Lipinski definition) is 5. The van der Waals surface area contributed by atoms with Crippen molar-refractivity contribution >= 4 is 38.3 Å². The molecule has 0 atom stereocenters. The lowest BCUT2D eigenvalue weighted by molar-refractivity contribution is 0.0686. The van der Waals surface area contributed by atoms with Crippen LogP contribution >= 0.6 is 0 Å². The third kappa shape index (κ3) is 3.90. The van der Waals surface area contributed by atoms with Gasteiger partial charge in [0.25, 0.3) is 10.0 Å². The van der Waals surface area contributed by atoms with Crippen LogP contribution in [0.5, 0.6) is 0 Å². The number of ketones is 1. The predicted octanol–water partition coefficient (Wildman–Crippen LogP) is 5.19. The van der Waals surface area contributed by atoms with Crippen molar-refractivity contribution < 1.29 is 22.7 Å². The number of hydrogen-bond donors (Lipinski definition) is 0.